The van der Waals surface area contributed by atoms with E-state index in [1.165, 1.54) is 6.20 Å². The second-order valence-electron chi connectivity index (χ2n) is 4.77. The van der Waals surface area contributed by atoms with Crippen LogP contribution in [0.1, 0.15) is 15.2 Å². The Bertz CT molecular complexity index is 915. The third kappa shape index (κ3) is 2.35. The van der Waals surface area contributed by atoms with Gasteiger partial charge in [-0.15, -0.1) is 11.3 Å². The number of rotatable bonds is 4. The molecule has 2 N–H and O–H groups in total. The number of fused-ring (bicyclic) bond motifs is 3. The van der Waals surface area contributed by atoms with Crippen molar-refractivity contribution >= 4 is 44.3 Å². The standard InChI is InChI=1S/C15H11NO5S/c1-7-2-3-10-8(4-7)13-9(5-16-10)12(21-6-11(17)18)14(22-13)15(19)20/h2-5H,6H2,1H3,(H,17,18)(H,19,20). The molecule has 0 spiro atoms. The van der Waals surface area contributed by atoms with Crippen molar-refractivity contribution in [3.63, 3.8) is 0 Å². The number of hydrogen-bond donors (Lipinski definition) is 2. The number of aryl methyl sites for hydroxylation is 1. The lowest BCUT2D eigenvalue weighted by Crippen LogP contribution is -2.10. The number of ether oxygens (including phenoxy) is 1. The minimum absolute atomic E-state index is 0.0212. The van der Waals surface area contributed by atoms with Gasteiger partial charge in [-0.25, -0.2) is 9.59 Å². The van der Waals surface area contributed by atoms with Gasteiger partial charge in [0.05, 0.1) is 10.9 Å². The van der Waals surface area contributed by atoms with Gasteiger partial charge in [-0.3, -0.25) is 4.98 Å². The van der Waals surface area contributed by atoms with E-state index in [-0.39, 0.29) is 10.6 Å². The number of thiophene rings is 1. The smallest absolute Gasteiger partial charge is 0.349 e. The van der Waals surface area contributed by atoms with Crippen LogP contribution in [0, 0.1) is 6.92 Å². The molecular weight excluding hydrogens is 306 g/mol. The van der Waals surface area contributed by atoms with Gasteiger partial charge in [0, 0.05) is 16.3 Å². The van der Waals surface area contributed by atoms with Gasteiger partial charge in [0.1, 0.15) is 0 Å². The molecule has 2 aromatic heterocycles. The van der Waals surface area contributed by atoms with Gasteiger partial charge in [-0.05, 0) is 19.1 Å². The van der Waals surface area contributed by atoms with E-state index in [9.17, 15) is 14.7 Å². The maximum absolute atomic E-state index is 11.4. The molecule has 3 aromatic rings. The Morgan fingerprint density at radius 3 is 2.73 bits per heavy atom. The molecule has 0 unspecified atom stereocenters. The van der Waals surface area contributed by atoms with Gasteiger partial charge < -0.3 is 14.9 Å². The number of carboxylic acids is 2. The highest BCUT2D eigenvalue weighted by Gasteiger charge is 2.22. The summed E-state index contributed by atoms with van der Waals surface area (Å²) in [5, 5.41) is 19.4. The van der Waals surface area contributed by atoms with E-state index >= 15 is 0 Å². The molecule has 0 radical (unpaired) electrons. The average Bonchev–Trinajstić information content (AvgIpc) is 2.84. The normalized spacial score (nSPS) is 11.0. The lowest BCUT2D eigenvalue weighted by Gasteiger charge is -2.04. The highest BCUT2D eigenvalue weighted by atomic mass is 32.1. The SMILES string of the molecule is Cc1ccc2ncc3c(OCC(=O)O)c(C(=O)O)sc3c2c1. The van der Waals surface area contributed by atoms with Gasteiger partial charge in [0.2, 0.25) is 0 Å². The second kappa shape index (κ2) is 5.27. The van der Waals surface area contributed by atoms with Crippen LogP contribution in [-0.2, 0) is 4.79 Å². The number of aromatic nitrogens is 1. The highest BCUT2D eigenvalue weighted by molar-refractivity contribution is 7.22. The van der Waals surface area contributed by atoms with Gasteiger partial charge in [0.25, 0.3) is 0 Å². The lowest BCUT2D eigenvalue weighted by molar-refractivity contribution is -0.139. The number of aliphatic carboxylic acids is 1. The summed E-state index contributed by atoms with van der Waals surface area (Å²) in [5.74, 6) is -2.26. The topological polar surface area (TPSA) is 96.7 Å². The lowest BCUT2D eigenvalue weighted by atomic mass is 10.1. The molecule has 2 heterocycles. The molecule has 0 bridgehead atoms. The largest absolute Gasteiger partial charge is 0.479 e. The Hall–Kier alpha value is -2.67. The molecule has 0 saturated carbocycles. The number of carbonyl (C=O) groups is 2. The summed E-state index contributed by atoms with van der Waals surface area (Å²) in [5.41, 5.74) is 1.78. The molecule has 6 nitrogen and oxygen atoms in total. The highest BCUT2D eigenvalue weighted by Crippen LogP contribution is 2.41. The first kappa shape index (κ1) is 14.3. The molecule has 7 heteroatoms. The van der Waals surface area contributed by atoms with Crippen LogP contribution < -0.4 is 4.74 Å². The molecule has 22 heavy (non-hydrogen) atoms. The van der Waals surface area contributed by atoms with Crippen molar-refractivity contribution in [2.75, 3.05) is 6.61 Å². The van der Waals surface area contributed by atoms with Gasteiger partial charge in [0.15, 0.2) is 17.2 Å². The fourth-order valence-corrected chi connectivity index (χ4v) is 3.32. The van der Waals surface area contributed by atoms with Crippen molar-refractivity contribution in [2.45, 2.75) is 6.92 Å². The summed E-state index contributed by atoms with van der Waals surface area (Å²) in [4.78, 5) is 26.4. The number of pyridine rings is 1. The Kier molecular flexibility index (Phi) is 3.42. The predicted molar refractivity (Wildman–Crippen MR) is 82.0 cm³/mol. The third-order valence-corrected chi connectivity index (χ3v) is 4.37. The number of benzene rings is 1. The van der Waals surface area contributed by atoms with E-state index in [0.29, 0.717) is 5.39 Å². The van der Waals surface area contributed by atoms with E-state index in [1.54, 1.807) is 0 Å². The van der Waals surface area contributed by atoms with Crippen LogP contribution in [0.2, 0.25) is 0 Å². The summed E-state index contributed by atoms with van der Waals surface area (Å²) >= 11 is 1.06. The molecule has 0 fully saturated rings. The van der Waals surface area contributed by atoms with Crippen LogP contribution in [0.25, 0.3) is 21.0 Å². The van der Waals surface area contributed by atoms with E-state index < -0.39 is 18.5 Å². The van der Waals surface area contributed by atoms with Gasteiger partial charge >= 0.3 is 11.9 Å². The van der Waals surface area contributed by atoms with E-state index in [4.69, 9.17) is 9.84 Å². The Morgan fingerprint density at radius 2 is 2.05 bits per heavy atom. The zero-order chi connectivity index (χ0) is 15.9. The Balaban J connectivity index is 2.30. The molecule has 3 rings (SSSR count). The van der Waals surface area contributed by atoms with Crippen LogP contribution in [0.5, 0.6) is 5.75 Å². The zero-order valence-corrected chi connectivity index (χ0v) is 12.3. The van der Waals surface area contributed by atoms with Crippen molar-refractivity contribution in [3.05, 3.63) is 34.8 Å². The van der Waals surface area contributed by atoms with Crippen molar-refractivity contribution in [2.24, 2.45) is 0 Å². The van der Waals surface area contributed by atoms with E-state index in [1.807, 2.05) is 25.1 Å². The molecule has 0 atom stereocenters. The van der Waals surface area contributed by atoms with E-state index in [2.05, 4.69) is 4.98 Å². The minimum atomic E-state index is -1.17. The van der Waals surface area contributed by atoms with Crippen LogP contribution in [0.3, 0.4) is 0 Å². The van der Waals surface area contributed by atoms with Crippen molar-refractivity contribution in [1.29, 1.82) is 0 Å². The van der Waals surface area contributed by atoms with Crippen molar-refractivity contribution in [1.82, 2.24) is 4.98 Å². The summed E-state index contributed by atoms with van der Waals surface area (Å²) in [7, 11) is 0. The third-order valence-electron chi connectivity index (χ3n) is 3.16. The Labute approximate surface area is 128 Å². The molecule has 0 aliphatic carbocycles. The summed E-state index contributed by atoms with van der Waals surface area (Å²) in [6.45, 7) is 1.34. The molecular formula is C15H11NO5S. The molecule has 112 valence electrons. The van der Waals surface area contributed by atoms with Crippen molar-refractivity contribution < 1.29 is 24.5 Å². The summed E-state index contributed by atoms with van der Waals surface area (Å²) in [6, 6.07) is 5.71. The van der Waals surface area contributed by atoms with E-state index in [0.717, 1.165) is 32.5 Å². The average molecular weight is 317 g/mol. The molecule has 1 aromatic carbocycles. The maximum Gasteiger partial charge on any atom is 0.349 e. The fraction of sp³-hybridized carbons (Fsp3) is 0.133. The van der Waals surface area contributed by atoms with Crippen LogP contribution in [0.4, 0.5) is 0 Å². The maximum atomic E-state index is 11.4. The Morgan fingerprint density at radius 1 is 1.27 bits per heavy atom. The second-order valence-corrected chi connectivity index (χ2v) is 5.79. The van der Waals surface area contributed by atoms with Crippen LogP contribution in [0.15, 0.2) is 24.4 Å². The zero-order valence-electron chi connectivity index (χ0n) is 11.5. The summed E-state index contributed by atoms with van der Waals surface area (Å²) < 4.78 is 5.91. The van der Waals surface area contributed by atoms with Crippen molar-refractivity contribution in [3.8, 4) is 5.75 Å². The first-order chi connectivity index (χ1) is 10.5. The first-order valence-electron chi connectivity index (χ1n) is 6.37. The van der Waals surface area contributed by atoms with Gasteiger partial charge in [-0.1, -0.05) is 11.6 Å². The number of aromatic carboxylic acids is 1. The fourth-order valence-electron chi connectivity index (χ4n) is 2.24. The number of nitrogens with zero attached hydrogens (tertiary/aromatic N) is 1. The quantitative estimate of drug-likeness (QED) is 0.768. The predicted octanol–water partition coefficient (Wildman–Crippen LogP) is 2.92. The van der Waals surface area contributed by atoms with Crippen LogP contribution >= 0.6 is 11.3 Å². The monoisotopic (exact) mass is 317 g/mol. The molecule has 0 aliphatic heterocycles. The first-order valence-corrected chi connectivity index (χ1v) is 7.19. The summed E-state index contributed by atoms with van der Waals surface area (Å²) in [6.07, 6.45) is 1.52. The van der Waals surface area contributed by atoms with Gasteiger partial charge in [-0.2, -0.15) is 0 Å². The minimum Gasteiger partial charge on any atom is -0.479 e. The molecule has 0 aliphatic rings. The molecule has 0 saturated heterocycles. The van der Waals surface area contributed by atoms with Crippen LogP contribution in [-0.4, -0.2) is 33.7 Å². The number of hydrogen-bond acceptors (Lipinski definition) is 5. The number of carboxylic acid groups (broad SMARTS) is 2. The molecule has 0 amide bonds.